The molecule has 1 aliphatic rings. The highest BCUT2D eigenvalue weighted by Gasteiger charge is 2.22. The fourth-order valence-electron chi connectivity index (χ4n) is 3.22. The van der Waals surface area contributed by atoms with Gasteiger partial charge in [0.15, 0.2) is 0 Å². The second-order valence-corrected chi connectivity index (χ2v) is 5.42. The van der Waals surface area contributed by atoms with Gasteiger partial charge in [0.25, 0.3) is 0 Å². The second-order valence-electron chi connectivity index (χ2n) is 5.42. The van der Waals surface area contributed by atoms with Crippen LogP contribution in [0.3, 0.4) is 0 Å². The highest BCUT2D eigenvalue weighted by molar-refractivity contribution is 5.86. The summed E-state index contributed by atoms with van der Waals surface area (Å²) in [7, 11) is 0. The molecule has 0 saturated carbocycles. The Bertz CT molecular complexity index is 553. The van der Waals surface area contributed by atoms with E-state index in [4.69, 9.17) is 0 Å². The highest BCUT2D eigenvalue weighted by atomic mass is 14.9. The van der Waals surface area contributed by atoms with Crippen LogP contribution in [0.25, 0.3) is 10.9 Å². The molecular weight excluding hydrogens is 220 g/mol. The molecule has 1 unspecified atom stereocenters. The van der Waals surface area contributed by atoms with Crippen LogP contribution in [0, 0.1) is 6.92 Å². The smallest absolute Gasteiger partial charge is 0.0459 e. The fourth-order valence-corrected chi connectivity index (χ4v) is 3.22. The van der Waals surface area contributed by atoms with Crippen molar-refractivity contribution in [3.63, 3.8) is 0 Å². The van der Waals surface area contributed by atoms with Crippen molar-refractivity contribution in [1.29, 1.82) is 0 Å². The zero-order chi connectivity index (χ0) is 12.5. The summed E-state index contributed by atoms with van der Waals surface area (Å²) in [5.41, 5.74) is 5.64. The molecule has 0 bridgehead atoms. The van der Waals surface area contributed by atoms with Crippen molar-refractivity contribution in [2.75, 3.05) is 6.54 Å². The Morgan fingerprint density at radius 2 is 2.22 bits per heavy atom. The van der Waals surface area contributed by atoms with Crippen molar-refractivity contribution < 1.29 is 0 Å². The monoisotopic (exact) mass is 242 g/mol. The summed E-state index contributed by atoms with van der Waals surface area (Å²) < 4.78 is 0. The van der Waals surface area contributed by atoms with Gasteiger partial charge in [-0.25, -0.2) is 0 Å². The molecule has 1 aromatic heterocycles. The van der Waals surface area contributed by atoms with Crippen molar-refractivity contribution in [3.8, 4) is 0 Å². The van der Waals surface area contributed by atoms with Crippen LogP contribution in [-0.2, 0) is 6.42 Å². The third-order valence-corrected chi connectivity index (χ3v) is 4.04. The van der Waals surface area contributed by atoms with Crippen molar-refractivity contribution in [3.05, 3.63) is 35.0 Å². The van der Waals surface area contributed by atoms with Gasteiger partial charge in [0.2, 0.25) is 0 Å². The van der Waals surface area contributed by atoms with Crippen molar-refractivity contribution in [1.82, 2.24) is 10.3 Å². The maximum atomic E-state index is 3.66. The lowest BCUT2D eigenvalue weighted by Crippen LogP contribution is -2.20. The van der Waals surface area contributed by atoms with E-state index in [0.29, 0.717) is 6.04 Å². The maximum Gasteiger partial charge on any atom is 0.0459 e. The molecule has 2 nitrogen and oxygen atoms in total. The minimum atomic E-state index is 0.531. The summed E-state index contributed by atoms with van der Waals surface area (Å²) in [6.45, 7) is 5.42. The molecule has 1 heterocycles. The molecule has 1 atom stereocenters. The number of nitrogens with one attached hydrogen (secondary N) is 2. The lowest BCUT2D eigenvalue weighted by molar-refractivity contribution is 0.506. The van der Waals surface area contributed by atoms with Crippen LogP contribution in [0.5, 0.6) is 0 Å². The van der Waals surface area contributed by atoms with Crippen molar-refractivity contribution >= 4 is 10.9 Å². The summed E-state index contributed by atoms with van der Waals surface area (Å²) in [6.07, 6.45) is 5.10. The molecule has 2 heteroatoms. The molecule has 1 aromatic carbocycles. The number of aromatic amines is 1. The van der Waals surface area contributed by atoms with E-state index in [2.05, 4.69) is 42.3 Å². The number of aromatic nitrogens is 1. The van der Waals surface area contributed by atoms with E-state index in [-0.39, 0.29) is 0 Å². The highest BCUT2D eigenvalue weighted by Crippen LogP contribution is 2.34. The normalized spacial score (nSPS) is 19.8. The number of rotatable bonds is 2. The van der Waals surface area contributed by atoms with E-state index in [9.17, 15) is 0 Å². The number of H-pyrrole nitrogens is 1. The van der Waals surface area contributed by atoms with Gasteiger partial charge in [-0.3, -0.25) is 0 Å². The van der Waals surface area contributed by atoms with Crippen LogP contribution in [0.1, 0.15) is 49.0 Å². The first-order valence-electron chi connectivity index (χ1n) is 7.14. The first kappa shape index (κ1) is 11.8. The summed E-state index contributed by atoms with van der Waals surface area (Å²) in [6, 6.07) is 7.28. The molecule has 0 fully saturated rings. The lowest BCUT2D eigenvalue weighted by Gasteiger charge is -2.16. The Labute approximate surface area is 109 Å². The van der Waals surface area contributed by atoms with E-state index >= 15 is 0 Å². The molecule has 96 valence electrons. The average Bonchev–Trinajstić information content (AvgIpc) is 2.59. The van der Waals surface area contributed by atoms with Crippen LogP contribution >= 0.6 is 0 Å². The van der Waals surface area contributed by atoms with Crippen LogP contribution in [0.4, 0.5) is 0 Å². The summed E-state index contributed by atoms with van der Waals surface area (Å²) in [5.74, 6) is 0. The second kappa shape index (κ2) is 4.77. The van der Waals surface area contributed by atoms with Crippen molar-refractivity contribution in [2.24, 2.45) is 0 Å². The predicted octanol–water partition coefficient (Wildman–Crippen LogP) is 3.85. The van der Waals surface area contributed by atoms with Crippen LogP contribution in [0.15, 0.2) is 18.2 Å². The van der Waals surface area contributed by atoms with E-state index in [1.807, 2.05) is 0 Å². The van der Waals surface area contributed by atoms with Crippen LogP contribution in [-0.4, -0.2) is 11.5 Å². The molecule has 0 saturated heterocycles. The van der Waals surface area contributed by atoms with Gasteiger partial charge < -0.3 is 10.3 Å². The van der Waals surface area contributed by atoms with Crippen LogP contribution in [0.2, 0.25) is 0 Å². The maximum absolute atomic E-state index is 3.66. The fraction of sp³-hybridized carbons (Fsp3) is 0.500. The number of benzene rings is 1. The molecular formula is C16H22N2. The van der Waals surface area contributed by atoms with Gasteiger partial charge in [0.1, 0.15) is 0 Å². The van der Waals surface area contributed by atoms with Gasteiger partial charge in [0, 0.05) is 22.6 Å². The lowest BCUT2D eigenvalue weighted by atomic mass is 10.00. The topological polar surface area (TPSA) is 27.8 Å². The van der Waals surface area contributed by atoms with Crippen molar-refractivity contribution in [2.45, 2.75) is 45.6 Å². The molecule has 0 spiro atoms. The summed E-state index contributed by atoms with van der Waals surface area (Å²) >= 11 is 0. The third-order valence-electron chi connectivity index (χ3n) is 4.04. The SMILES string of the molecule is CCNC1CCCCc2[nH]c3ccc(C)cc3c21. The Kier molecular flexibility index (Phi) is 3.13. The zero-order valence-corrected chi connectivity index (χ0v) is 11.3. The zero-order valence-electron chi connectivity index (χ0n) is 11.3. The Balaban J connectivity index is 2.17. The Morgan fingerprint density at radius 3 is 3.06 bits per heavy atom. The molecule has 2 aromatic rings. The molecule has 0 radical (unpaired) electrons. The van der Waals surface area contributed by atoms with Gasteiger partial charge in [-0.2, -0.15) is 0 Å². The molecule has 0 aliphatic heterocycles. The minimum Gasteiger partial charge on any atom is -0.358 e. The van der Waals surface area contributed by atoms with Crippen LogP contribution < -0.4 is 5.32 Å². The Morgan fingerprint density at radius 1 is 1.33 bits per heavy atom. The number of hydrogen-bond acceptors (Lipinski definition) is 1. The van der Waals surface area contributed by atoms with E-state index < -0.39 is 0 Å². The average molecular weight is 242 g/mol. The molecule has 2 N–H and O–H groups in total. The van der Waals surface area contributed by atoms with Gasteiger partial charge in [0.05, 0.1) is 0 Å². The summed E-state index contributed by atoms with van der Waals surface area (Å²) in [5, 5.41) is 5.09. The van der Waals surface area contributed by atoms with E-state index in [1.54, 1.807) is 0 Å². The van der Waals surface area contributed by atoms with Gasteiger partial charge >= 0.3 is 0 Å². The molecule has 1 aliphatic carbocycles. The number of hydrogen-bond donors (Lipinski definition) is 2. The Hall–Kier alpha value is -1.28. The summed E-state index contributed by atoms with van der Waals surface area (Å²) in [4.78, 5) is 3.63. The van der Waals surface area contributed by atoms with Gasteiger partial charge in [-0.1, -0.05) is 25.0 Å². The molecule has 3 rings (SSSR count). The number of aryl methyl sites for hydroxylation is 2. The minimum absolute atomic E-state index is 0.531. The number of fused-ring (bicyclic) bond motifs is 3. The standard InChI is InChI=1S/C16H22N2/c1-3-17-14-6-4-5-7-15-16(14)12-10-11(2)8-9-13(12)18-15/h8-10,14,17-18H,3-7H2,1-2H3. The first-order valence-corrected chi connectivity index (χ1v) is 7.14. The quantitative estimate of drug-likeness (QED) is 0.769. The molecule has 18 heavy (non-hydrogen) atoms. The third kappa shape index (κ3) is 1.95. The molecule has 0 amide bonds. The van der Waals surface area contributed by atoms with E-state index in [1.165, 1.54) is 53.4 Å². The van der Waals surface area contributed by atoms with Gasteiger partial charge in [-0.05, 0) is 50.4 Å². The largest absolute Gasteiger partial charge is 0.358 e. The van der Waals surface area contributed by atoms with Gasteiger partial charge in [-0.15, -0.1) is 0 Å². The van der Waals surface area contributed by atoms with E-state index in [0.717, 1.165) is 6.54 Å². The predicted molar refractivity (Wildman–Crippen MR) is 77.0 cm³/mol. The first-order chi connectivity index (χ1) is 8.79.